The lowest BCUT2D eigenvalue weighted by molar-refractivity contribution is -0.605. The molecule has 0 aliphatic heterocycles. The quantitative estimate of drug-likeness (QED) is 0.153. The van der Waals surface area contributed by atoms with Crippen molar-refractivity contribution in [1.82, 2.24) is 0 Å². The number of aromatic nitrogens is 1. The van der Waals surface area contributed by atoms with Crippen molar-refractivity contribution >= 4 is 52.1 Å². The normalized spacial score (nSPS) is 14.1. The lowest BCUT2D eigenvalue weighted by Gasteiger charge is -2.21. The molecule has 0 bridgehead atoms. The molecule has 2 aromatic heterocycles. The van der Waals surface area contributed by atoms with Gasteiger partial charge in [0.15, 0.2) is 23.9 Å². The fourth-order valence-electron chi connectivity index (χ4n) is 3.28. The minimum absolute atomic E-state index is 0.00957. The maximum Gasteiger partial charge on any atom is 0.387 e. The van der Waals surface area contributed by atoms with Gasteiger partial charge in [-0.05, 0) is 47.9 Å². The molecular weight excluding hydrogens is 547 g/mol. The fourth-order valence-corrected chi connectivity index (χ4v) is 4.90. The topological polar surface area (TPSA) is 71.7 Å². The molecule has 1 saturated carbocycles. The zero-order valence-corrected chi connectivity index (χ0v) is 21.0. The second-order valence-corrected chi connectivity index (χ2v) is 9.97. The second kappa shape index (κ2) is 11.2. The van der Waals surface area contributed by atoms with Crippen LogP contribution in [-0.2, 0) is 11.2 Å². The summed E-state index contributed by atoms with van der Waals surface area (Å²) in [7, 11) is 0. The summed E-state index contributed by atoms with van der Waals surface area (Å²) in [6.45, 7) is -2.70. The van der Waals surface area contributed by atoms with E-state index in [2.05, 4.69) is 4.74 Å². The van der Waals surface area contributed by atoms with E-state index in [1.807, 2.05) is 0 Å². The second-order valence-electron chi connectivity index (χ2n) is 7.83. The zero-order chi connectivity index (χ0) is 25.1. The van der Waals surface area contributed by atoms with Gasteiger partial charge in [-0.1, -0.05) is 40.9 Å². The Bertz CT molecular complexity index is 1200. The number of pyridine rings is 1. The smallest absolute Gasteiger partial charge is 0.387 e. The number of hydrogen-bond donors (Lipinski definition) is 0. The average Bonchev–Trinajstić information content (AvgIpc) is 3.52. The van der Waals surface area contributed by atoms with E-state index in [0.29, 0.717) is 28.4 Å². The van der Waals surface area contributed by atoms with Gasteiger partial charge in [0, 0.05) is 12.0 Å². The maximum absolute atomic E-state index is 12.9. The molecule has 35 heavy (non-hydrogen) atoms. The van der Waals surface area contributed by atoms with Crippen LogP contribution in [0.25, 0.3) is 0 Å². The molecule has 1 aromatic carbocycles. The lowest BCUT2D eigenvalue weighted by atomic mass is 10.0. The molecular formula is C23H18Cl3F2NO5S. The predicted molar refractivity (Wildman–Crippen MR) is 128 cm³/mol. The Morgan fingerprint density at radius 2 is 1.83 bits per heavy atom. The first-order chi connectivity index (χ1) is 16.7. The number of thiophene rings is 1. The third kappa shape index (κ3) is 6.67. The van der Waals surface area contributed by atoms with Gasteiger partial charge < -0.3 is 19.4 Å². The first-order valence-electron chi connectivity index (χ1n) is 10.4. The molecule has 1 fully saturated rings. The summed E-state index contributed by atoms with van der Waals surface area (Å²) in [5, 5.41) is 13.7. The number of nitrogens with zero attached hydrogens (tertiary/aromatic N) is 1. The van der Waals surface area contributed by atoms with Crippen LogP contribution in [0.2, 0.25) is 15.1 Å². The summed E-state index contributed by atoms with van der Waals surface area (Å²) in [6.07, 6.45) is 3.27. The van der Waals surface area contributed by atoms with Gasteiger partial charge in [-0.3, -0.25) is 0 Å². The van der Waals surface area contributed by atoms with E-state index < -0.39 is 18.7 Å². The number of carbonyl (C=O) groups excluding carboxylic acids is 1. The monoisotopic (exact) mass is 563 g/mol. The van der Waals surface area contributed by atoms with Gasteiger partial charge in [0.25, 0.3) is 0 Å². The molecule has 1 aliphatic rings. The molecule has 0 N–H and O–H groups in total. The van der Waals surface area contributed by atoms with Crippen LogP contribution < -0.4 is 14.2 Å². The van der Waals surface area contributed by atoms with E-state index >= 15 is 0 Å². The molecule has 0 amide bonds. The van der Waals surface area contributed by atoms with E-state index in [1.165, 1.54) is 18.2 Å². The van der Waals surface area contributed by atoms with Gasteiger partial charge in [0.1, 0.15) is 21.0 Å². The van der Waals surface area contributed by atoms with Crippen LogP contribution in [0, 0.1) is 11.1 Å². The minimum atomic E-state index is -3.04. The molecule has 2 heterocycles. The first kappa shape index (κ1) is 25.8. The number of halogens is 5. The largest absolute Gasteiger partial charge is 0.619 e. The fraction of sp³-hybridized carbons (Fsp3) is 0.304. The minimum Gasteiger partial charge on any atom is -0.619 e. The maximum atomic E-state index is 12.9. The van der Waals surface area contributed by atoms with Crippen LogP contribution in [-0.4, -0.2) is 19.2 Å². The van der Waals surface area contributed by atoms with E-state index in [1.54, 1.807) is 11.4 Å². The summed E-state index contributed by atoms with van der Waals surface area (Å²) in [5.74, 6) is -0.384. The van der Waals surface area contributed by atoms with Crippen LogP contribution in [0.5, 0.6) is 11.5 Å². The molecule has 4 rings (SSSR count). The molecule has 0 saturated heterocycles. The Hall–Kier alpha value is -2.33. The zero-order valence-electron chi connectivity index (χ0n) is 17.9. The van der Waals surface area contributed by atoms with Crippen molar-refractivity contribution in [2.45, 2.75) is 32.0 Å². The van der Waals surface area contributed by atoms with Crippen LogP contribution in [0.15, 0.2) is 42.0 Å². The van der Waals surface area contributed by atoms with E-state index in [9.17, 15) is 18.8 Å². The number of hydrogen-bond acceptors (Lipinski definition) is 6. The van der Waals surface area contributed by atoms with Crippen LogP contribution in [0.4, 0.5) is 8.78 Å². The highest BCUT2D eigenvalue weighted by molar-refractivity contribution is 7.12. The van der Waals surface area contributed by atoms with Crippen molar-refractivity contribution in [2.24, 2.45) is 5.92 Å². The van der Waals surface area contributed by atoms with Gasteiger partial charge in [-0.2, -0.15) is 13.5 Å². The number of benzene rings is 1. The standard InChI is InChI=1S/C23H18Cl3F2NO5S/c24-15-5-6-35-21(15)22(30)33-19(8-14-16(25)9-29(31)10-17(14)26)13-3-4-18(34-23(27)28)20(7-13)32-11-12-1-2-12/h3-7,9-10,12,19,23H,1-2,8,11H2/t19-/m0/s1. The Labute approximate surface area is 218 Å². The summed E-state index contributed by atoms with van der Waals surface area (Å²) < 4.78 is 42.4. The van der Waals surface area contributed by atoms with Gasteiger partial charge in [0.2, 0.25) is 0 Å². The number of ether oxygens (including phenoxy) is 3. The highest BCUT2D eigenvalue weighted by Crippen LogP contribution is 2.38. The lowest BCUT2D eigenvalue weighted by Crippen LogP contribution is -2.25. The van der Waals surface area contributed by atoms with Gasteiger partial charge >= 0.3 is 12.6 Å². The molecule has 0 spiro atoms. The van der Waals surface area contributed by atoms with E-state index in [-0.39, 0.29) is 37.9 Å². The average molecular weight is 565 g/mol. The van der Waals surface area contributed by atoms with Crippen LogP contribution in [0.1, 0.15) is 39.7 Å². The predicted octanol–water partition coefficient (Wildman–Crippen LogP) is 6.87. The summed E-state index contributed by atoms with van der Waals surface area (Å²) >= 11 is 19.7. The molecule has 6 nitrogen and oxygen atoms in total. The molecule has 1 aliphatic carbocycles. The van der Waals surface area contributed by atoms with Gasteiger partial charge in [0.05, 0.1) is 11.6 Å². The van der Waals surface area contributed by atoms with Crippen LogP contribution in [0.3, 0.4) is 0 Å². The van der Waals surface area contributed by atoms with Crippen molar-refractivity contribution in [3.05, 3.63) is 78.3 Å². The van der Waals surface area contributed by atoms with Crippen molar-refractivity contribution in [3.63, 3.8) is 0 Å². The number of esters is 1. The third-order valence-electron chi connectivity index (χ3n) is 5.23. The number of carbonyl (C=O) groups is 1. The third-order valence-corrected chi connectivity index (χ3v) is 7.20. The van der Waals surface area contributed by atoms with Gasteiger partial charge in [-0.25, -0.2) is 4.79 Å². The Kier molecular flexibility index (Phi) is 8.21. The molecule has 1 atom stereocenters. The highest BCUT2D eigenvalue weighted by atomic mass is 35.5. The Morgan fingerprint density at radius 3 is 2.43 bits per heavy atom. The molecule has 186 valence electrons. The Balaban J connectivity index is 1.69. The van der Waals surface area contributed by atoms with Crippen molar-refractivity contribution in [1.29, 1.82) is 0 Å². The SMILES string of the molecule is O=C(O[C@@H](Cc1c(Cl)c[n+]([O-])cc1Cl)c1ccc(OC(F)F)c(OCC2CC2)c1)c1sccc1Cl. The summed E-state index contributed by atoms with van der Waals surface area (Å²) in [6, 6.07) is 5.85. The number of alkyl halides is 2. The number of rotatable bonds is 10. The Morgan fingerprint density at radius 1 is 1.11 bits per heavy atom. The molecule has 0 radical (unpaired) electrons. The molecule has 3 aromatic rings. The van der Waals surface area contributed by atoms with Crippen molar-refractivity contribution in [3.8, 4) is 11.5 Å². The van der Waals surface area contributed by atoms with Crippen molar-refractivity contribution in [2.75, 3.05) is 6.61 Å². The van der Waals surface area contributed by atoms with Gasteiger partial charge in [-0.15, -0.1) is 11.3 Å². The van der Waals surface area contributed by atoms with Crippen LogP contribution >= 0.6 is 46.1 Å². The first-order valence-corrected chi connectivity index (χ1v) is 12.4. The molecule has 12 heteroatoms. The molecule has 0 unspecified atom stereocenters. The highest BCUT2D eigenvalue weighted by Gasteiger charge is 2.27. The summed E-state index contributed by atoms with van der Waals surface area (Å²) in [4.78, 5) is 13.1. The van der Waals surface area contributed by atoms with E-state index in [4.69, 9.17) is 44.3 Å². The van der Waals surface area contributed by atoms with Crippen molar-refractivity contribution < 1.29 is 32.5 Å². The van der Waals surface area contributed by atoms with E-state index in [0.717, 1.165) is 36.6 Å². The summed E-state index contributed by atoms with van der Waals surface area (Å²) in [5.41, 5.74) is 0.785.